The van der Waals surface area contributed by atoms with Crippen molar-refractivity contribution in [3.8, 4) is 11.5 Å². The normalized spacial score (nSPS) is 24.5. The van der Waals surface area contributed by atoms with Gasteiger partial charge in [0.25, 0.3) is 5.92 Å². The molecule has 3 aromatic carbocycles. The van der Waals surface area contributed by atoms with Gasteiger partial charge in [0, 0.05) is 40.2 Å². The first-order valence-corrected chi connectivity index (χ1v) is 11.5. The average Bonchev–Trinajstić information content (AvgIpc) is 3.08. The lowest BCUT2D eigenvalue weighted by atomic mass is 9.77. The molecule has 0 amide bonds. The standard InChI is InChI=1S/C27H21F3N2O3/c1-25(28)12-31(13-25)16-6-8-20-22(10-16)34-23-11-17(32-14-26(29,30)15-32)7-9-21(23)27(20)19-5-3-2-4-18(19)24(33)35-27/h2-11H,12-15H2,1H3. The highest BCUT2D eigenvalue weighted by Gasteiger charge is 2.54. The number of anilines is 2. The molecular formula is C27H21F3N2O3. The molecule has 5 nitrogen and oxygen atoms in total. The summed E-state index contributed by atoms with van der Waals surface area (Å²) < 4.78 is 53.6. The van der Waals surface area contributed by atoms with Crippen LogP contribution in [0.25, 0.3) is 0 Å². The van der Waals surface area contributed by atoms with E-state index in [0.29, 0.717) is 39.4 Å². The molecule has 35 heavy (non-hydrogen) atoms. The van der Waals surface area contributed by atoms with Crippen molar-refractivity contribution >= 4 is 17.3 Å². The Bertz CT molecular complexity index is 1330. The average molecular weight is 478 g/mol. The van der Waals surface area contributed by atoms with Gasteiger partial charge >= 0.3 is 5.97 Å². The Morgan fingerprint density at radius 3 is 1.91 bits per heavy atom. The number of rotatable bonds is 2. The quantitative estimate of drug-likeness (QED) is 0.470. The van der Waals surface area contributed by atoms with Crippen molar-refractivity contribution < 1.29 is 27.4 Å². The Morgan fingerprint density at radius 1 is 0.771 bits per heavy atom. The van der Waals surface area contributed by atoms with Crippen LogP contribution in [0.3, 0.4) is 0 Å². The molecule has 0 aromatic heterocycles. The molecule has 3 aromatic rings. The highest BCUT2D eigenvalue weighted by Crippen LogP contribution is 2.57. The number of nitrogens with zero attached hydrogens (tertiary/aromatic N) is 2. The number of carbonyl (C=O) groups excluding carboxylic acids is 1. The number of hydrogen-bond acceptors (Lipinski definition) is 5. The third-order valence-corrected chi connectivity index (χ3v) is 7.30. The van der Waals surface area contributed by atoms with Crippen LogP contribution in [0.2, 0.25) is 0 Å². The molecule has 0 bridgehead atoms. The summed E-state index contributed by atoms with van der Waals surface area (Å²) in [5, 5.41) is 0. The zero-order valence-electron chi connectivity index (χ0n) is 18.9. The van der Waals surface area contributed by atoms with E-state index >= 15 is 0 Å². The van der Waals surface area contributed by atoms with Crippen molar-refractivity contribution in [2.45, 2.75) is 24.1 Å². The number of hydrogen-bond donors (Lipinski definition) is 0. The van der Waals surface area contributed by atoms with Gasteiger partial charge in [-0.2, -0.15) is 0 Å². The van der Waals surface area contributed by atoms with Gasteiger partial charge in [-0.05, 0) is 37.3 Å². The maximum Gasteiger partial charge on any atom is 0.340 e. The number of esters is 1. The second kappa shape index (κ2) is 6.50. The number of halogens is 3. The first-order chi connectivity index (χ1) is 16.7. The lowest BCUT2D eigenvalue weighted by Gasteiger charge is -2.44. The summed E-state index contributed by atoms with van der Waals surface area (Å²) in [5.41, 5.74) is 1.41. The highest BCUT2D eigenvalue weighted by atomic mass is 19.3. The Hall–Kier alpha value is -3.68. The molecule has 4 aliphatic rings. The minimum Gasteiger partial charge on any atom is -0.456 e. The predicted octanol–water partition coefficient (Wildman–Crippen LogP) is 5.26. The van der Waals surface area contributed by atoms with Gasteiger partial charge in [-0.15, -0.1) is 0 Å². The Morgan fingerprint density at radius 2 is 1.34 bits per heavy atom. The number of benzene rings is 3. The van der Waals surface area contributed by atoms with Crippen molar-refractivity contribution in [2.75, 3.05) is 36.0 Å². The molecule has 0 N–H and O–H groups in total. The van der Waals surface area contributed by atoms with Gasteiger partial charge in [-0.25, -0.2) is 18.0 Å². The van der Waals surface area contributed by atoms with Crippen LogP contribution in [0.15, 0.2) is 60.7 Å². The molecule has 2 saturated heterocycles. The lowest BCUT2D eigenvalue weighted by Crippen LogP contribution is -2.57. The van der Waals surface area contributed by atoms with E-state index in [0.717, 1.165) is 5.69 Å². The minimum atomic E-state index is -2.71. The molecular weight excluding hydrogens is 457 g/mol. The number of fused-ring (bicyclic) bond motifs is 6. The van der Waals surface area contributed by atoms with Gasteiger partial charge < -0.3 is 19.3 Å². The van der Waals surface area contributed by atoms with E-state index in [2.05, 4.69) is 0 Å². The minimum absolute atomic E-state index is 0.276. The largest absolute Gasteiger partial charge is 0.456 e. The van der Waals surface area contributed by atoms with Crippen molar-refractivity contribution in [3.63, 3.8) is 0 Å². The summed E-state index contributed by atoms with van der Waals surface area (Å²) in [5.74, 6) is -2.23. The molecule has 4 heterocycles. The van der Waals surface area contributed by atoms with Gasteiger partial charge in [0.05, 0.1) is 31.7 Å². The summed E-state index contributed by atoms with van der Waals surface area (Å²) in [7, 11) is 0. The molecule has 1 atom stereocenters. The molecule has 8 heteroatoms. The molecule has 7 rings (SSSR count). The summed E-state index contributed by atoms with van der Waals surface area (Å²) >= 11 is 0. The summed E-state index contributed by atoms with van der Waals surface area (Å²) in [6.45, 7) is 1.41. The molecule has 4 aliphatic heterocycles. The summed E-state index contributed by atoms with van der Waals surface area (Å²) in [6, 6.07) is 18.1. The fourth-order valence-corrected chi connectivity index (χ4v) is 5.67. The second-order valence-corrected chi connectivity index (χ2v) is 10.1. The zero-order chi connectivity index (χ0) is 24.2. The smallest absolute Gasteiger partial charge is 0.340 e. The van der Waals surface area contributed by atoms with Crippen LogP contribution in [0, 0.1) is 0 Å². The van der Waals surface area contributed by atoms with Crippen LogP contribution in [0.5, 0.6) is 11.5 Å². The predicted molar refractivity (Wildman–Crippen MR) is 124 cm³/mol. The maximum atomic E-state index is 14.2. The van der Waals surface area contributed by atoms with Crippen molar-refractivity contribution in [3.05, 3.63) is 82.9 Å². The van der Waals surface area contributed by atoms with Gasteiger partial charge in [0.2, 0.25) is 0 Å². The van der Waals surface area contributed by atoms with E-state index in [1.807, 2.05) is 35.2 Å². The summed E-state index contributed by atoms with van der Waals surface area (Å²) in [4.78, 5) is 16.5. The van der Waals surface area contributed by atoms with E-state index in [1.54, 1.807) is 42.2 Å². The molecule has 0 radical (unpaired) electrons. The molecule has 178 valence electrons. The zero-order valence-corrected chi connectivity index (χ0v) is 18.9. The topological polar surface area (TPSA) is 42.0 Å². The number of alkyl halides is 3. The van der Waals surface area contributed by atoms with Crippen LogP contribution in [-0.4, -0.2) is 43.7 Å². The number of ether oxygens (including phenoxy) is 2. The third kappa shape index (κ3) is 2.85. The van der Waals surface area contributed by atoms with Crippen LogP contribution < -0.4 is 14.5 Å². The first kappa shape index (κ1) is 20.7. The number of carbonyl (C=O) groups is 1. The van der Waals surface area contributed by atoms with Crippen LogP contribution >= 0.6 is 0 Å². The molecule has 1 unspecified atom stereocenters. The first-order valence-electron chi connectivity index (χ1n) is 11.5. The van der Waals surface area contributed by atoms with Gasteiger partial charge in [0.15, 0.2) is 5.60 Å². The fourth-order valence-electron chi connectivity index (χ4n) is 5.67. The Kier molecular flexibility index (Phi) is 3.84. The van der Waals surface area contributed by atoms with E-state index in [-0.39, 0.29) is 26.2 Å². The van der Waals surface area contributed by atoms with Gasteiger partial charge in [-0.1, -0.05) is 18.2 Å². The SMILES string of the molecule is CC1(F)CN(c2ccc3c(c2)Oc2cc(N4CC(F)(F)C4)ccc2C32OC(=O)c3ccccc32)C1. The second-order valence-electron chi connectivity index (χ2n) is 10.1. The third-order valence-electron chi connectivity index (χ3n) is 7.30. The van der Waals surface area contributed by atoms with Crippen LogP contribution in [0.1, 0.15) is 34.0 Å². The van der Waals surface area contributed by atoms with E-state index in [9.17, 15) is 18.0 Å². The van der Waals surface area contributed by atoms with Gasteiger partial charge in [0.1, 0.15) is 17.2 Å². The molecule has 1 spiro atoms. The van der Waals surface area contributed by atoms with Crippen molar-refractivity contribution in [1.82, 2.24) is 0 Å². The van der Waals surface area contributed by atoms with Crippen LogP contribution in [-0.2, 0) is 10.3 Å². The highest BCUT2D eigenvalue weighted by molar-refractivity contribution is 5.97. The molecule has 2 fully saturated rings. The molecule has 0 saturated carbocycles. The Balaban J connectivity index is 1.39. The van der Waals surface area contributed by atoms with E-state index < -0.39 is 23.2 Å². The maximum absolute atomic E-state index is 14.2. The van der Waals surface area contributed by atoms with E-state index in [4.69, 9.17) is 9.47 Å². The van der Waals surface area contributed by atoms with Gasteiger partial charge in [-0.3, -0.25) is 0 Å². The van der Waals surface area contributed by atoms with Crippen molar-refractivity contribution in [2.24, 2.45) is 0 Å². The Labute approximate surface area is 199 Å². The van der Waals surface area contributed by atoms with Crippen molar-refractivity contribution in [1.29, 1.82) is 0 Å². The molecule has 0 aliphatic carbocycles. The lowest BCUT2D eigenvalue weighted by molar-refractivity contribution is -0.0263. The monoisotopic (exact) mass is 478 g/mol. The fraction of sp³-hybridized carbons (Fsp3) is 0.296. The van der Waals surface area contributed by atoms with E-state index in [1.165, 1.54) is 0 Å². The van der Waals surface area contributed by atoms with Crippen LogP contribution in [0.4, 0.5) is 24.5 Å². The summed E-state index contributed by atoms with van der Waals surface area (Å²) in [6.07, 6.45) is 0.